The number of amides is 1. The summed E-state index contributed by atoms with van der Waals surface area (Å²) in [4.78, 5) is 41.9. The van der Waals surface area contributed by atoms with Crippen LogP contribution >= 0.6 is 0 Å². The van der Waals surface area contributed by atoms with Crippen LogP contribution in [0.4, 0.5) is 0 Å². The molecule has 1 N–H and O–H groups in total. The predicted molar refractivity (Wildman–Crippen MR) is 115 cm³/mol. The third kappa shape index (κ3) is 5.28. The van der Waals surface area contributed by atoms with Gasteiger partial charge in [-0.25, -0.2) is 9.78 Å². The zero-order chi connectivity index (χ0) is 22.5. The van der Waals surface area contributed by atoms with Gasteiger partial charge in [0.05, 0.1) is 12.8 Å². The van der Waals surface area contributed by atoms with Gasteiger partial charge in [-0.15, -0.1) is 0 Å². The first-order chi connectivity index (χ1) is 14.8. The molecule has 0 spiro atoms. The van der Waals surface area contributed by atoms with Crippen molar-refractivity contribution in [1.82, 2.24) is 14.7 Å². The number of nitrogens with zero attached hydrogens (tertiary/aromatic N) is 2. The second kappa shape index (κ2) is 9.42. The Bertz CT molecular complexity index is 1150. The number of carbonyl (C=O) groups is 2. The van der Waals surface area contributed by atoms with Gasteiger partial charge in [0.25, 0.3) is 11.5 Å². The fraction of sp³-hybridized carbons (Fsp3) is 0.304. The van der Waals surface area contributed by atoms with Gasteiger partial charge in [0.2, 0.25) is 0 Å². The average molecular weight is 423 g/mol. The monoisotopic (exact) mass is 423 g/mol. The average Bonchev–Trinajstić information content (AvgIpc) is 2.76. The van der Waals surface area contributed by atoms with E-state index in [1.807, 2.05) is 26.8 Å². The third-order valence-corrected chi connectivity index (χ3v) is 4.78. The Hall–Kier alpha value is -3.68. The molecule has 2 aromatic heterocycles. The second-order valence-corrected chi connectivity index (χ2v) is 7.55. The highest BCUT2D eigenvalue weighted by molar-refractivity contribution is 5.96. The summed E-state index contributed by atoms with van der Waals surface area (Å²) in [6.45, 7) is 5.33. The van der Waals surface area contributed by atoms with E-state index in [4.69, 9.17) is 9.47 Å². The first kappa shape index (κ1) is 22.0. The molecule has 0 fully saturated rings. The molecule has 0 saturated carbocycles. The van der Waals surface area contributed by atoms with Crippen LogP contribution in [-0.4, -0.2) is 34.4 Å². The lowest BCUT2D eigenvalue weighted by Crippen LogP contribution is -2.45. The van der Waals surface area contributed by atoms with E-state index in [1.165, 1.54) is 10.5 Å². The molecule has 3 rings (SSSR count). The fourth-order valence-electron chi connectivity index (χ4n) is 3.03. The second-order valence-electron chi connectivity index (χ2n) is 7.55. The van der Waals surface area contributed by atoms with Crippen molar-refractivity contribution in [3.8, 4) is 5.75 Å². The number of hydrogen-bond acceptors (Lipinski definition) is 6. The predicted octanol–water partition coefficient (Wildman–Crippen LogP) is 2.51. The van der Waals surface area contributed by atoms with Crippen molar-refractivity contribution in [1.29, 1.82) is 0 Å². The number of esters is 1. The molecule has 2 heterocycles. The molecule has 1 aromatic carbocycles. The van der Waals surface area contributed by atoms with E-state index < -0.39 is 17.9 Å². The minimum atomic E-state index is -0.848. The van der Waals surface area contributed by atoms with Crippen LogP contribution in [0, 0.1) is 12.8 Å². The standard InChI is InChI=1S/C23H25N3O5/c1-14(2)21(25-22(28)16-6-8-18(30-4)9-7-16)23(29)31-13-17-11-20(27)26-12-15(3)5-10-19(26)24-17/h5-12,14,21H,13H2,1-4H3,(H,25,28)/t21-/m0/s1. The van der Waals surface area contributed by atoms with Gasteiger partial charge < -0.3 is 14.8 Å². The Labute approximate surface area is 179 Å². The van der Waals surface area contributed by atoms with Crippen molar-refractivity contribution in [3.63, 3.8) is 0 Å². The topological polar surface area (TPSA) is 99.0 Å². The molecule has 8 nitrogen and oxygen atoms in total. The van der Waals surface area contributed by atoms with E-state index in [0.29, 0.717) is 22.7 Å². The van der Waals surface area contributed by atoms with Gasteiger partial charge in [-0.3, -0.25) is 14.0 Å². The quantitative estimate of drug-likeness (QED) is 0.587. The van der Waals surface area contributed by atoms with E-state index in [2.05, 4.69) is 10.3 Å². The number of aryl methyl sites for hydroxylation is 1. The van der Waals surface area contributed by atoms with Crippen LogP contribution in [-0.2, 0) is 16.1 Å². The van der Waals surface area contributed by atoms with Gasteiger partial charge in [0.1, 0.15) is 24.0 Å². The Morgan fingerprint density at radius 1 is 1.13 bits per heavy atom. The number of carbonyl (C=O) groups excluding carboxylic acids is 2. The number of nitrogens with one attached hydrogen (secondary N) is 1. The van der Waals surface area contributed by atoms with Crippen molar-refractivity contribution >= 4 is 17.5 Å². The number of methoxy groups -OCH3 is 1. The molecular formula is C23H25N3O5. The molecule has 0 radical (unpaired) electrons. The highest BCUT2D eigenvalue weighted by atomic mass is 16.5. The van der Waals surface area contributed by atoms with Crippen molar-refractivity contribution in [2.75, 3.05) is 7.11 Å². The zero-order valence-corrected chi connectivity index (χ0v) is 17.9. The lowest BCUT2D eigenvalue weighted by molar-refractivity contribution is -0.148. The number of pyridine rings is 1. The molecule has 0 bridgehead atoms. The van der Waals surface area contributed by atoms with Crippen molar-refractivity contribution < 1.29 is 19.1 Å². The van der Waals surface area contributed by atoms with E-state index in [-0.39, 0.29) is 18.1 Å². The molecule has 1 atom stereocenters. The molecule has 0 aliphatic rings. The van der Waals surface area contributed by atoms with Crippen molar-refractivity contribution in [2.45, 2.75) is 33.4 Å². The maximum atomic E-state index is 12.7. The summed E-state index contributed by atoms with van der Waals surface area (Å²) in [6.07, 6.45) is 1.70. The number of hydrogen-bond donors (Lipinski definition) is 1. The summed E-state index contributed by atoms with van der Waals surface area (Å²) in [5.74, 6) is -0.559. The van der Waals surface area contributed by atoms with Gasteiger partial charge in [-0.05, 0) is 48.7 Å². The van der Waals surface area contributed by atoms with Crippen molar-refractivity contribution in [2.24, 2.45) is 5.92 Å². The van der Waals surface area contributed by atoms with Crippen LogP contribution in [0.25, 0.3) is 5.65 Å². The van der Waals surface area contributed by atoms with Gasteiger partial charge >= 0.3 is 5.97 Å². The minimum absolute atomic E-state index is 0.167. The number of benzene rings is 1. The summed E-state index contributed by atoms with van der Waals surface area (Å²) >= 11 is 0. The lowest BCUT2D eigenvalue weighted by Gasteiger charge is -2.21. The van der Waals surface area contributed by atoms with Crippen molar-refractivity contribution in [3.05, 3.63) is 75.8 Å². The molecule has 1 amide bonds. The summed E-state index contributed by atoms with van der Waals surface area (Å²) in [7, 11) is 1.54. The van der Waals surface area contributed by atoms with E-state index >= 15 is 0 Å². The summed E-state index contributed by atoms with van der Waals surface area (Å²) in [5, 5.41) is 2.71. The Balaban J connectivity index is 1.69. The molecule has 162 valence electrons. The van der Waals surface area contributed by atoms with Crippen LogP contribution in [0.15, 0.2) is 53.5 Å². The number of ether oxygens (including phenoxy) is 2. The zero-order valence-electron chi connectivity index (χ0n) is 17.9. The number of fused-ring (bicyclic) bond motifs is 1. The lowest BCUT2D eigenvalue weighted by atomic mass is 10.0. The molecule has 0 saturated heterocycles. The molecule has 8 heteroatoms. The van der Waals surface area contributed by atoms with E-state index in [0.717, 1.165) is 5.56 Å². The highest BCUT2D eigenvalue weighted by Gasteiger charge is 2.26. The van der Waals surface area contributed by atoms with Crippen LogP contribution in [0.3, 0.4) is 0 Å². The highest BCUT2D eigenvalue weighted by Crippen LogP contribution is 2.13. The van der Waals surface area contributed by atoms with Crippen LogP contribution in [0.2, 0.25) is 0 Å². The molecule has 0 aliphatic carbocycles. The number of aromatic nitrogens is 2. The van der Waals surface area contributed by atoms with Gasteiger partial charge in [0, 0.05) is 17.8 Å². The number of rotatable bonds is 7. The van der Waals surface area contributed by atoms with Gasteiger partial charge in [-0.2, -0.15) is 0 Å². The molecule has 3 aromatic rings. The largest absolute Gasteiger partial charge is 0.497 e. The molecule has 31 heavy (non-hydrogen) atoms. The van der Waals surface area contributed by atoms with E-state index in [9.17, 15) is 14.4 Å². The minimum Gasteiger partial charge on any atom is -0.497 e. The Morgan fingerprint density at radius 2 is 1.84 bits per heavy atom. The Morgan fingerprint density at radius 3 is 2.48 bits per heavy atom. The van der Waals surface area contributed by atoms with Crippen LogP contribution in [0.1, 0.15) is 35.5 Å². The normalized spacial score (nSPS) is 11.9. The molecular weight excluding hydrogens is 398 g/mol. The van der Waals surface area contributed by atoms with Gasteiger partial charge in [0.15, 0.2) is 0 Å². The smallest absolute Gasteiger partial charge is 0.329 e. The first-order valence-electron chi connectivity index (χ1n) is 9.89. The third-order valence-electron chi connectivity index (χ3n) is 4.78. The van der Waals surface area contributed by atoms with Crippen LogP contribution in [0.5, 0.6) is 5.75 Å². The fourth-order valence-corrected chi connectivity index (χ4v) is 3.03. The maximum Gasteiger partial charge on any atom is 0.329 e. The van der Waals surface area contributed by atoms with E-state index in [1.54, 1.807) is 43.6 Å². The summed E-state index contributed by atoms with van der Waals surface area (Å²) < 4.78 is 11.9. The first-order valence-corrected chi connectivity index (χ1v) is 9.89. The summed E-state index contributed by atoms with van der Waals surface area (Å²) in [6, 6.07) is 10.6. The maximum absolute atomic E-state index is 12.7. The summed E-state index contributed by atoms with van der Waals surface area (Å²) in [5.41, 5.74) is 1.89. The molecule has 0 aliphatic heterocycles. The SMILES string of the molecule is COc1ccc(C(=O)N[C@H](C(=O)OCc2cc(=O)n3cc(C)ccc3n2)C(C)C)cc1. The van der Waals surface area contributed by atoms with Crippen LogP contribution < -0.4 is 15.6 Å². The molecule has 0 unspecified atom stereocenters. The Kier molecular flexibility index (Phi) is 6.69. The van der Waals surface area contributed by atoms with Gasteiger partial charge in [-0.1, -0.05) is 19.9 Å².